The molecule has 0 aromatic heterocycles. The maximum absolute atomic E-state index is 13.1. The summed E-state index contributed by atoms with van der Waals surface area (Å²) in [4.78, 5) is 27.4. The molecule has 156 valence electrons. The van der Waals surface area contributed by atoms with E-state index in [4.69, 9.17) is 4.74 Å². The zero-order chi connectivity index (χ0) is 21.2. The summed E-state index contributed by atoms with van der Waals surface area (Å²) in [5.74, 6) is 0.575. The number of amides is 2. The highest BCUT2D eigenvalue weighted by atomic mass is 16.5. The van der Waals surface area contributed by atoms with Gasteiger partial charge in [0, 0.05) is 13.1 Å². The fraction of sp³-hybridized carbons (Fsp3) is 0.417. The van der Waals surface area contributed by atoms with Crippen LogP contribution in [0.3, 0.4) is 0 Å². The molecule has 1 atom stereocenters. The first-order valence-electron chi connectivity index (χ1n) is 10.2. The van der Waals surface area contributed by atoms with Crippen molar-refractivity contribution >= 4 is 11.8 Å². The number of carbonyl (C=O) groups is 2. The standard InChI is InChI=1S/C24H32N2O3/c1-5-6-14-25-24(28)19(3)26(17-20-10-12-22(29-4)13-11-20)23(27)16-21-9-7-8-18(2)15-21/h7-13,15,19H,5-6,14,16-17H2,1-4H3,(H,25,28)/t19-/m1/s1. The normalized spacial score (nSPS) is 11.6. The summed E-state index contributed by atoms with van der Waals surface area (Å²) in [6, 6.07) is 14.9. The van der Waals surface area contributed by atoms with Gasteiger partial charge in [-0.2, -0.15) is 0 Å². The van der Waals surface area contributed by atoms with Crippen LogP contribution in [0.5, 0.6) is 5.75 Å². The minimum Gasteiger partial charge on any atom is -0.497 e. The second-order valence-corrected chi connectivity index (χ2v) is 7.36. The van der Waals surface area contributed by atoms with E-state index in [0.29, 0.717) is 13.1 Å². The molecular formula is C24H32N2O3. The molecule has 0 fully saturated rings. The zero-order valence-corrected chi connectivity index (χ0v) is 17.9. The number of benzene rings is 2. The molecule has 0 aliphatic carbocycles. The highest BCUT2D eigenvalue weighted by Gasteiger charge is 2.26. The smallest absolute Gasteiger partial charge is 0.242 e. The van der Waals surface area contributed by atoms with Gasteiger partial charge in [0.15, 0.2) is 0 Å². The lowest BCUT2D eigenvalue weighted by molar-refractivity contribution is -0.140. The number of methoxy groups -OCH3 is 1. The summed E-state index contributed by atoms with van der Waals surface area (Å²) in [6.07, 6.45) is 2.20. The quantitative estimate of drug-likeness (QED) is 0.620. The van der Waals surface area contributed by atoms with E-state index >= 15 is 0 Å². The monoisotopic (exact) mass is 396 g/mol. The third-order valence-corrected chi connectivity index (χ3v) is 4.95. The molecule has 29 heavy (non-hydrogen) atoms. The van der Waals surface area contributed by atoms with E-state index in [1.165, 1.54) is 0 Å². The number of nitrogens with zero attached hydrogens (tertiary/aromatic N) is 1. The molecule has 0 aliphatic rings. The molecule has 0 saturated carbocycles. The fourth-order valence-corrected chi connectivity index (χ4v) is 3.14. The molecule has 2 amide bonds. The first-order valence-corrected chi connectivity index (χ1v) is 10.2. The zero-order valence-electron chi connectivity index (χ0n) is 17.9. The molecule has 5 nitrogen and oxygen atoms in total. The average molecular weight is 397 g/mol. The summed E-state index contributed by atoms with van der Waals surface area (Å²) in [6.45, 7) is 6.88. The third kappa shape index (κ3) is 6.93. The van der Waals surface area contributed by atoms with Crippen molar-refractivity contribution in [1.82, 2.24) is 10.2 Å². The molecule has 0 heterocycles. The lowest BCUT2D eigenvalue weighted by atomic mass is 10.1. The molecule has 0 unspecified atom stereocenters. The van der Waals surface area contributed by atoms with Gasteiger partial charge in [-0.25, -0.2) is 0 Å². The van der Waals surface area contributed by atoms with E-state index in [9.17, 15) is 9.59 Å². The van der Waals surface area contributed by atoms with Crippen molar-refractivity contribution in [2.24, 2.45) is 0 Å². The average Bonchev–Trinajstić information content (AvgIpc) is 2.72. The van der Waals surface area contributed by atoms with Gasteiger partial charge in [-0.05, 0) is 43.5 Å². The first kappa shape index (κ1) is 22.5. The molecule has 2 aromatic carbocycles. The van der Waals surface area contributed by atoms with Crippen molar-refractivity contribution in [3.63, 3.8) is 0 Å². The van der Waals surface area contributed by atoms with Crippen LogP contribution in [0.15, 0.2) is 48.5 Å². The number of rotatable bonds is 10. The molecule has 0 spiro atoms. The van der Waals surface area contributed by atoms with Gasteiger partial charge < -0.3 is 15.0 Å². The van der Waals surface area contributed by atoms with Gasteiger partial charge in [0.1, 0.15) is 11.8 Å². The van der Waals surface area contributed by atoms with E-state index in [2.05, 4.69) is 12.2 Å². The Hall–Kier alpha value is -2.82. The number of carbonyl (C=O) groups excluding carboxylic acids is 2. The lowest BCUT2D eigenvalue weighted by Gasteiger charge is -2.29. The molecule has 2 rings (SSSR count). The van der Waals surface area contributed by atoms with Gasteiger partial charge in [0.2, 0.25) is 11.8 Å². The van der Waals surface area contributed by atoms with Crippen molar-refractivity contribution in [2.45, 2.75) is 52.6 Å². The maximum Gasteiger partial charge on any atom is 0.242 e. The molecular weight excluding hydrogens is 364 g/mol. The van der Waals surface area contributed by atoms with Crippen LogP contribution < -0.4 is 10.1 Å². The van der Waals surface area contributed by atoms with Crippen LogP contribution in [0, 0.1) is 6.92 Å². The molecule has 1 N–H and O–H groups in total. The van der Waals surface area contributed by atoms with Crippen LogP contribution in [0.2, 0.25) is 0 Å². The van der Waals surface area contributed by atoms with Crippen molar-refractivity contribution in [3.05, 3.63) is 65.2 Å². The highest BCUT2D eigenvalue weighted by molar-refractivity contribution is 5.88. The van der Waals surface area contributed by atoms with Crippen LogP contribution in [-0.4, -0.2) is 36.4 Å². The second-order valence-electron chi connectivity index (χ2n) is 7.36. The van der Waals surface area contributed by atoms with E-state index in [0.717, 1.165) is 35.3 Å². The number of ether oxygens (including phenoxy) is 1. The van der Waals surface area contributed by atoms with Gasteiger partial charge in [-0.3, -0.25) is 9.59 Å². The van der Waals surface area contributed by atoms with Gasteiger partial charge in [0.25, 0.3) is 0 Å². The predicted octanol–water partition coefficient (Wildman–Crippen LogP) is 3.88. The Morgan fingerprint density at radius 1 is 1.10 bits per heavy atom. The summed E-state index contributed by atoms with van der Waals surface area (Å²) < 4.78 is 5.21. The van der Waals surface area contributed by atoms with E-state index < -0.39 is 6.04 Å². The van der Waals surface area contributed by atoms with Gasteiger partial charge in [-0.15, -0.1) is 0 Å². The van der Waals surface area contributed by atoms with Gasteiger partial charge in [-0.1, -0.05) is 55.3 Å². The summed E-state index contributed by atoms with van der Waals surface area (Å²) >= 11 is 0. The molecule has 2 aromatic rings. The molecule has 0 radical (unpaired) electrons. The van der Waals surface area contributed by atoms with Crippen molar-refractivity contribution < 1.29 is 14.3 Å². The summed E-state index contributed by atoms with van der Waals surface area (Å²) in [7, 11) is 1.62. The maximum atomic E-state index is 13.1. The van der Waals surface area contributed by atoms with Crippen LogP contribution >= 0.6 is 0 Å². The first-order chi connectivity index (χ1) is 13.9. The molecule has 5 heteroatoms. The minimum absolute atomic E-state index is 0.0652. The van der Waals surface area contributed by atoms with Crippen molar-refractivity contribution in [3.8, 4) is 5.75 Å². The topological polar surface area (TPSA) is 58.6 Å². The summed E-state index contributed by atoms with van der Waals surface area (Å²) in [5.41, 5.74) is 3.02. The molecule has 0 aliphatic heterocycles. The largest absolute Gasteiger partial charge is 0.497 e. The van der Waals surface area contributed by atoms with E-state index in [-0.39, 0.29) is 18.2 Å². The Morgan fingerprint density at radius 3 is 2.45 bits per heavy atom. The Labute approximate surface area is 174 Å². The third-order valence-electron chi connectivity index (χ3n) is 4.95. The van der Waals surface area contributed by atoms with Crippen molar-refractivity contribution in [2.75, 3.05) is 13.7 Å². The number of hydrogen-bond acceptors (Lipinski definition) is 3. The predicted molar refractivity (Wildman–Crippen MR) is 116 cm³/mol. The van der Waals surface area contributed by atoms with Crippen molar-refractivity contribution in [1.29, 1.82) is 0 Å². The van der Waals surface area contributed by atoms with Crippen LogP contribution in [-0.2, 0) is 22.6 Å². The number of aryl methyl sites for hydroxylation is 1. The second kappa shape index (κ2) is 11.2. The summed E-state index contributed by atoms with van der Waals surface area (Å²) in [5, 5.41) is 2.94. The van der Waals surface area contributed by atoms with Crippen LogP contribution in [0.1, 0.15) is 43.4 Å². The van der Waals surface area contributed by atoms with Crippen LogP contribution in [0.4, 0.5) is 0 Å². The Morgan fingerprint density at radius 2 is 1.83 bits per heavy atom. The number of hydrogen-bond donors (Lipinski definition) is 1. The van der Waals surface area contributed by atoms with Crippen LogP contribution in [0.25, 0.3) is 0 Å². The van der Waals surface area contributed by atoms with Gasteiger partial charge in [0.05, 0.1) is 13.5 Å². The lowest BCUT2D eigenvalue weighted by Crippen LogP contribution is -2.48. The fourth-order valence-electron chi connectivity index (χ4n) is 3.14. The molecule has 0 saturated heterocycles. The van der Waals surface area contributed by atoms with E-state index in [1.54, 1.807) is 18.9 Å². The highest BCUT2D eigenvalue weighted by Crippen LogP contribution is 2.16. The Bertz CT molecular complexity index is 802. The number of nitrogens with one attached hydrogen (secondary N) is 1. The Balaban J connectivity index is 2.18. The SMILES string of the molecule is CCCCNC(=O)[C@@H](C)N(Cc1ccc(OC)cc1)C(=O)Cc1cccc(C)c1. The minimum atomic E-state index is -0.550. The Kier molecular flexibility index (Phi) is 8.71. The molecule has 0 bridgehead atoms. The number of unbranched alkanes of at least 4 members (excludes halogenated alkanes) is 1. The van der Waals surface area contributed by atoms with Gasteiger partial charge >= 0.3 is 0 Å². The van der Waals surface area contributed by atoms with E-state index in [1.807, 2.05) is 55.5 Å².